The Hall–Kier alpha value is -1.37. The summed E-state index contributed by atoms with van der Waals surface area (Å²) in [5, 5.41) is 12.2. The van der Waals surface area contributed by atoms with Crippen molar-refractivity contribution in [3.05, 3.63) is 35.4 Å². The molecule has 0 bridgehead atoms. The summed E-state index contributed by atoms with van der Waals surface area (Å²) in [6.07, 6.45) is 2.42. The van der Waals surface area contributed by atoms with Gasteiger partial charge in [0.25, 0.3) is 0 Å². The summed E-state index contributed by atoms with van der Waals surface area (Å²) in [5.41, 5.74) is 1.95. The highest BCUT2D eigenvalue weighted by Crippen LogP contribution is 2.24. The molecule has 1 N–H and O–H groups in total. The summed E-state index contributed by atoms with van der Waals surface area (Å²) < 4.78 is 5.40. The molecule has 16 heavy (non-hydrogen) atoms. The van der Waals surface area contributed by atoms with Gasteiger partial charge in [0.1, 0.15) is 0 Å². The van der Waals surface area contributed by atoms with Crippen LogP contribution in [0.1, 0.15) is 30.0 Å². The van der Waals surface area contributed by atoms with E-state index in [2.05, 4.69) is 11.4 Å². The minimum atomic E-state index is 0.349. The molecule has 84 valence electrons. The molecule has 3 nitrogen and oxygen atoms in total. The van der Waals surface area contributed by atoms with Gasteiger partial charge in [0.05, 0.1) is 17.7 Å². The first-order chi connectivity index (χ1) is 7.83. The van der Waals surface area contributed by atoms with E-state index in [0.29, 0.717) is 17.7 Å². The fourth-order valence-electron chi connectivity index (χ4n) is 2.14. The number of benzene rings is 1. The van der Waals surface area contributed by atoms with Crippen LogP contribution in [0.3, 0.4) is 0 Å². The van der Waals surface area contributed by atoms with Gasteiger partial charge in [0.15, 0.2) is 0 Å². The quantitative estimate of drug-likeness (QED) is 0.822. The van der Waals surface area contributed by atoms with Gasteiger partial charge in [-0.25, -0.2) is 0 Å². The molecule has 1 aromatic rings. The minimum Gasteiger partial charge on any atom is -0.381 e. The van der Waals surface area contributed by atoms with E-state index in [-0.39, 0.29) is 0 Å². The number of nitrogens with one attached hydrogen (secondary N) is 1. The normalized spacial score (nSPS) is 25.0. The van der Waals surface area contributed by atoms with Gasteiger partial charge in [0, 0.05) is 13.2 Å². The highest BCUT2D eigenvalue weighted by molar-refractivity contribution is 5.33. The zero-order valence-corrected chi connectivity index (χ0v) is 9.44. The van der Waals surface area contributed by atoms with Gasteiger partial charge in [-0.3, -0.25) is 0 Å². The second-order valence-corrected chi connectivity index (χ2v) is 4.12. The van der Waals surface area contributed by atoms with Gasteiger partial charge in [-0.2, -0.15) is 5.26 Å². The molecule has 3 heteroatoms. The SMILES string of the molecule is CO[C@@H]1CCN[C@@H](c2ccc(C#N)cc2)C1. The predicted octanol–water partition coefficient (Wildman–Crippen LogP) is 2.00. The van der Waals surface area contributed by atoms with Gasteiger partial charge >= 0.3 is 0 Å². The van der Waals surface area contributed by atoms with Crippen LogP contribution in [0.15, 0.2) is 24.3 Å². The van der Waals surface area contributed by atoms with Crippen LogP contribution in [-0.2, 0) is 4.74 Å². The third-order valence-electron chi connectivity index (χ3n) is 3.13. The van der Waals surface area contributed by atoms with E-state index in [1.165, 1.54) is 5.56 Å². The van der Waals surface area contributed by atoms with Gasteiger partial charge < -0.3 is 10.1 Å². The molecular weight excluding hydrogens is 200 g/mol. The lowest BCUT2D eigenvalue weighted by Crippen LogP contribution is -2.35. The third kappa shape index (κ3) is 2.41. The van der Waals surface area contributed by atoms with Gasteiger partial charge in [-0.05, 0) is 37.1 Å². The molecular formula is C13H16N2O. The third-order valence-corrected chi connectivity index (χ3v) is 3.13. The van der Waals surface area contributed by atoms with E-state index in [9.17, 15) is 0 Å². The molecule has 0 amide bonds. The molecule has 1 aliphatic heterocycles. The molecule has 1 fully saturated rings. The largest absolute Gasteiger partial charge is 0.381 e. The molecule has 2 atom stereocenters. The number of hydrogen-bond donors (Lipinski definition) is 1. The Kier molecular flexibility index (Phi) is 3.55. The van der Waals surface area contributed by atoms with Gasteiger partial charge in [-0.1, -0.05) is 12.1 Å². The number of hydrogen-bond acceptors (Lipinski definition) is 3. The van der Waals surface area contributed by atoms with E-state index in [4.69, 9.17) is 10.00 Å². The van der Waals surface area contributed by atoms with Crippen molar-refractivity contribution < 1.29 is 4.74 Å². The Bertz CT molecular complexity index is 380. The van der Waals surface area contributed by atoms with E-state index < -0.39 is 0 Å². The van der Waals surface area contributed by atoms with Crippen molar-refractivity contribution in [2.24, 2.45) is 0 Å². The Morgan fingerprint density at radius 3 is 2.75 bits per heavy atom. The van der Waals surface area contributed by atoms with Crippen molar-refractivity contribution in [2.45, 2.75) is 25.0 Å². The maximum absolute atomic E-state index is 8.73. The molecule has 1 heterocycles. The summed E-state index contributed by atoms with van der Waals surface area (Å²) in [5.74, 6) is 0. The number of ether oxygens (including phenoxy) is 1. The predicted molar refractivity (Wildman–Crippen MR) is 61.9 cm³/mol. The molecule has 0 spiro atoms. The fourth-order valence-corrected chi connectivity index (χ4v) is 2.14. The zero-order valence-electron chi connectivity index (χ0n) is 9.44. The van der Waals surface area contributed by atoms with Crippen LogP contribution in [0.25, 0.3) is 0 Å². The molecule has 1 aromatic carbocycles. The maximum Gasteiger partial charge on any atom is 0.0991 e. The Balaban J connectivity index is 2.08. The molecule has 0 aromatic heterocycles. The van der Waals surface area contributed by atoms with E-state index in [0.717, 1.165) is 19.4 Å². The molecule has 1 saturated heterocycles. The molecule has 0 radical (unpaired) electrons. The lowest BCUT2D eigenvalue weighted by Gasteiger charge is -2.29. The number of piperidine rings is 1. The highest BCUT2D eigenvalue weighted by Gasteiger charge is 2.22. The van der Waals surface area contributed by atoms with Crippen LogP contribution in [0.5, 0.6) is 0 Å². The fraction of sp³-hybridized carbons (Fsp3) is 0.462. The molecule has 0 unspecified atom stereocenters. The summed E-state index contributed by atoms with van der Waals surface area (Å²) in [7, 11) is 1.77. The summed E-state index contributed by atoms with van der Waals surface area (Å²) in [4.78, 5) is 0. The monoisotopic (exact) mass is 216 g/mol. The standard InChI is InChI=1S/C13H16N2O/c1-16-12-6-7-15-13(8-12)11-4-2-10(9-14)3-5-11/h2-5,12-13,15H,6-8H2,1H3/t12-,13-/m1/s1. The number of nitrogens with zero attached hydrogens (tertiary/aromatic N) is 1. The first-order valence-corrected chi connectivity index (χ1v) is 5.59. The number of methoxy groups -OCH3 is 1. The van der Waals surface area contributed by atoms with Crippen LogP contribution >= 0.6 is 0 Å². The molecule has 0 aliphatic carbocycles. The summed E-state index contributed by atoms with van der Waals surface area (Å²) in [6, 6.07) is 10.3. The van der Waals surface area contributed by atoms with Crippen LogP contribution in [-0.4, -0.2) is 19.8 Å². The van der Waals surface area contributed by atoms with E-state index in [1.807, 2.05) is 24.3 Å². The molecule has 1 aliphatic rings. The van der Waals surface area contributed by atoms with Gasteiger partial charge in [0.2, 0.25) is 0 Å². The van der Waals surface area contributed by atoms with E-state index >= 15 is 0 Å². The Labute approximate surface area is 96.0 Å². The maximum atomic E-state index is 8.73. The highest BCUT2D eigenvalue weighted by atomic mass is 16.5. The second-order valence-electron chi connectivity index (χ2n) is 4.12. The number of rotatable bonds is 2. The Morgan fingerprint density at radius 2 is 2.12 bits per heavy atom. The van der Waals surface area contributed by atoms with Crippen molar-refractivity contribution in [1.29, 1.82) is 5.26 Å². The van der Waals surface area contributed by atoms with Crippen LogP contribution in [0, 0.1) is 11.3 Å². The Morgan fingerprint density at radius 1 is 1.38 bits per heavy atom. The van der Waals surface area contributed by atoms with Crippen LogP contribution in [0.2, 0.25) is 0 Å². The lowest BCUT2D eigenvalue weighted by molar-refractivity contribution is 0.0619. The van der Waals surface area contributed by atoms with Crippen molar-refractivity contribution in [3.8, 4) is 6.07 Å². The first-order valence-electron chi connectivity index (χ1n) is 5.59. The lowest BCUT2D eigenvalue weighted by atomic mass is 9.95. The van der Waals surface area contributed by atoms with Crippen molar-refractivity contribution in [3.63, 3.8) is 0 Å². The molecule has 2 rings (SSSR count). The van der Waals surface area contributed by atoms with Crippen molar-refractivity contribution >= 4 is 0 Å². The van der Waals surface area contributed by atoms with Crippen molar-refractivity contribution in [1.82, 2.24) is 5.32 Å². The first kappa shape index (κ1) is 11.1. The second kappa shape index (κ2) is 5.11. The number of nitriles is 1. The molecule has 0 saturated carbocycles. The average molecular weight is 216 g/mol. The smallest absolute Gasteiger partial charge is 0.0991 e. The zero-order chi connectivity index (χ0) is 11.4. The average Bonchev–Trinajstić information content (AvgIpc) is 2.39. The van der Waals surface area contributed by atoms with Gasteiger partial charge in [-0.15, -0.1) is 0 Å². The van der Waals surface area contributed by atoms with E-state index in [1.54, 1.807) is 7.11 Å². The van der Waals surface area contributed by atoms with Crippen molar-refractivity contribution in [2.75, 3.05) is 13.7 Å². The summed E-state index contributed by atoms with van der Waals surface area (Å²) in [6.45, 7) is 0.989. The topological polar surface area (TPSA) is 45.0 Å². The minimum absolute atomic E-state index is 0.349. The van der Waals surface area contributed by atoms with Crippen LogP contribution < -0.4 is 5.32 Å². The summed E-state index contributed by atoms with van der Waals surface area (Å²) >= 11 is 0. The van der Waals surface area contributed by atoms with Crippen LogP contribution in [0.4, 0.5) is 0 Å².